The van der Waals surface area contributed by atoms with Gasteiger partial charge in [-0.1, -0.05) is 43.0 Å². The molecule has 1 aromatic heterocycles. The van der Waals surface area contributed by atoms with E-state index in [4.69, 9.17) is 14.8 Å². The van der Waals surface area contributed by atoms with E-state index in [1.807, 2.05) is 6.19 Å². The summed E-state index contributed by atoms with van der Waals surface area (Å²) in [4.78, 5) is 16.6. The molecule has 2 aliphatic rings. The van der Waals surface area contributed by atoms with Crippen molar-refractivity contribution in [2.75, 3.05) is 57.1 Å². The minimum atomic E-state index is -3.51. The van der Waals surface area contributed by atoms with Gasteiger partial charge in [0.05, 0.1) is 31.6 Å². The van der Waals surface area contributed by atoms with Gasteiger partial charge in [0.25, 0.3) is 0 Å². The Kier molecular flexibility index (Phi) is 13.8. The quantitative estimate of drug-likeness (QED) is 0.0683. The molecular weight excluding hydrogens is 506 g/mol. The Labute approximate surface area is 227 Å². The molecule has 0 atom stereocenters. The van der Waals surface area contributed by atoms with Gasteiger partial charge in [-0.05, 0) is 37.8 Å². The number of aromatic nitrogens is 1. The summed E-state index contributed by atoms with van der Waals surface area (Å²) in [6.07, 6.45) is 14.4. The average molecular weight is 550 g/mol. The molecule has 0 amide bonds. The number of pyridine rings is 1. The molecule has 1 aliphatic heterocycles. The number of ether oxygens (including phenoxy) is 1. The Morgan fingerprint density at radius 1 is 1.13 bits per heavy atom. The number of hydrogen-bond donors (Lipinski definition) is 2. The van der Waals surface area contributed by atoms with Gasteiger partial charge >= 0.3 is 0 Å². The zero-order valence-corrected chi connectivity index (χ0v) is 23.2. The normalized spacial score (nSPS) is 18.2. The van der Waals surface area contributed by atoms with Crippen molar-refractivity contribution in [1.29, 1.82) is 5.26 Å². The van der Waals surface area contributed by atoms with Crippen molar-refractivity contribution >= 4 is 21.7 Å². The lowest BCUT2D eigenvalue weighted by atomic mass is 10.1. The van der Waals surface area contributed by atoms with Crippen molar-refractivity contribution < 1.29 is 18.0 Å². The molecule has 2 fully saturated rings. The van der Waals surface area contributed by atoms with E-state index < -0.39 is 10.0 Å². The van der Waals surface area contributed by atoms with Crippen molar-refractivity contribution in [1.82, 2.24) is 19.7 Å². The smallest absolute Gasteiger partial charge is 0.236 e. The Bertz CT molecular complexity index is 958. The van der Waals surface area contributed by atoms with Crippen LogP contribution in [0.4, 0.5) is 5.69 Å². The predicted octanol–water partition coefficient (Wildman–Crippen LogP) is 3.10. The summed E-state index contributed by atoms with van der Waals surface area (Å²) in [6, 6.07) is 3.51. The van der Waals surface area contributed by atoms with E-state index in [1.165, 1.54) is 4.47 Å². The first kappa shape index (κ1) is 30.2. The molecule has 212 valence electrons. The van der Waals surface area contributed by atoms with Crippen LogP contribution in [0, 0.1) is 11.5 Å². The standard InChI is InChI=1S/C26H43N7O4S/c27-23-30-26(31-24-11-14-28-15-12-24)29-13-7-3-4-8-22-38(34,35)33(25-9-5-1-2-6-10-25)37-21-18-32-16-19-36-20-17-32/h11-12,14-15,25H,1-10,13,16-22H2,(H2,28,29,30,31). The van der Waals surface area contributed by atoms with Gasteiger partial charge in [0.2, 0.25) is 16.0 Å². The van der Waals surface area contributed by atoms with E-state index in [9.17, 15) is 8.42 Å². The van der Waals surface area contributed by atoms with Crippen LogP contribution in [-0.2, 0) is 19.6 Å². The predicted molar refractivity (Wildman–Crippen MR) is 148 cm³/mol. The second-order valence-electron chi connectivity index (χ2n) is 9.75. The van der Waals surface area contributed by atoms with Crippen LogP contribution in [0.1, 0.15) is 64.2 Å². The Balaban J connectivity index is 1.42. The van der Waals surface area contributed by atoms with Gasteiger partial charge in [0.15, 0.2) is 6.19 Å². The summed E-state index contributed by atoms with van der Waals surface area (Å²) in [5, 5.41) is 14.6. The van der Waals surface area contributed by atoms with Crippen molar-refractivity contribution in [3.63, 3.8) is 0 Å². The van der Waals surface area contributed by atoms with E-state index in [-0.39, 0.29) is 11.8 Å². The molecule has 1 saturated heterocycles. The fourth-order valence-electron chi connectivity index (χ4n) is 4.73. The third-order valence-electron chi connectivity index (χ3n) is 6.82. The number of hydrogen-bond acceptors (Lipinski definition) is 8. The minimum Gasteiger partial charge on any atom is -0.379 e. The largest absolute Gasteiger partial charge is 0.379 e. The third-order valence-corrected chi connectivity index (χ3v) is 8.58. The number of anilines is 1. The van der Waals surface area contributed by atoms with Crippen molar-refractivity contribution in [3.05, 3.63) is 24.5 Å². The third kappa shape index (κ3) is 11.2. The molecule has 11 nitrogen and oxygen atoms in total. The van der Waals surface area contributed by atoms with Crippen LogP contribution in [0.15, 0.2) is 29.5 Å². The molecule has 12 heteroatoms. The maximum Gasteiger partial charge on any atom is 0.236 e. The number of nitrogens with zero attached hydrogens (tertiary/aromatic N) is 5. The van der Waals surface area contributed by atoms with Crippen molar-refractivity contribution in [2.24, 2.45) is 4.99 Å². The molecular formula is C26H43N7O4S. The van der Waals surface area contributed by atoms with E-state index in [0.29, 0.717) is 45.3 Å². The summed E-state index contributed by atoms with van der Waals surface area (Å²) in [6.45, 7) is 4.77. The molecule has 1 aliphatic carbocycles. The molecule has 1 saturated carbocycles. The number of nitriles is 1. The zero-order valence-electron chi connectivity index (χ0n) is 22.4. The number of rotatable bonds is 14. The molecule has 2 heterocycles. The maximum atomic E-state index is 13.3. The first-order chi connectivity index (χ1) is 18.6. The van der Waals surface area contributed by atoms with Gasteiger partial charge in [-0.15, -0.1) is 0 Å². The number of nitrogens with one attached hydrogen (secondary N) is 2. The van der Waals surface area contributed by atoms with Crippen LogP contribution in [0.5, 0.6) is 0 Å². The molecule has 3 rings (SSSR count). The topological polar surface area (TPSA) is 132 Å². The number of sulfonamides is 1. The van der Waals surface area contributed by atoms with Crippen molar-refractivity contribution in [3.8, 4) is 6.19 Å². The number of aliphatic imine (C=N–C) groups is 1. The molecule has 0 aromatic carbocycles. The number of unbranched alkanes of at least 4 members (excludes halogenated alkanes) is 3. The summed E-state index contributed by atoms with van der Waals surface area (Å²) in [5.41, 5.74) is 0.789. The van der Waals surface area contributed by atoms with Crippen LogP contribution in [0.3, 0.4) is 0 Å². The Morgan fingerprint density at radius 3 is 2.55 bits per heavy atom. The highest BCUT2D eigenvalue weighted by Crippen LogP contribution is 2.25. The lowest BCUT2D eigenvalue weighted by Crippen LogP contribution is -2.44. The first-order valence-corrected chi connectivity index (χ1v) is 15.5. The Morgan fingerprint density at radius 2 is 1.84 bits per heavy atom. The van der Waals surface area contributed by atoms with Gasteiger partial charge in [0, 0.05) is 44.3 Å². The summed E-state index contributed by atoms with van der Waals surface area (Å²) < 4.78 is 33.5. The van der Waals surface area contributed by atoms with E-state index in [0.717, 1.165) is 76.6 Å². The van der Waals surface area contributed by atoms with Gasteiger partial charge in [-0.2, -0.15) is 5.26 Å². The van der Waals surface area contributed by atoms with E-state index in [2.05, 4.69) is 25.5 Å². The molecule has 2 N–H and O–H groups in total. The second kappa shape index (κ2) is 17.3. The van der Waals surface area contributed by atoms with E-state index in [1.54, 1.807) is 24.5 Å². The average Bonchev–Trinajstić information content (AvgIpc) is 3.21. The fourth-order valence-corrected chi connectivity index (χ4v) is 6.38. The minimum absolute atomic E-state index is 0.0690. The van der Waals surface area contributed by atoms with Crippen molar-refractivity contribution in [2.45, 2.75) is 70.3 Å². The second-order valence-corrected chi connectivity index (χ2v) is 11.7. The molecule has 0 unspecified atom stereocenters. The number of guanidine groups is 1. The lowest BCUT2D eigenvalue weighted by molar-refractivity contribution is -0.122. The number of hydroxylamine groups is 1. The van der Waals surface area contributed by atoms with Gasteiger partial charge in [-0.25, -0.2) is 8.42 Å². The Hall–Kier alpha value is -2.30. The van der Waals surface area contributed by atoms with Crippen LogP contribution in [-0.4, -0.2) is 86.5 Å². The van der Waals surface area contributed by atoms with E-state index >= 15 is 0 Å². The number of morpholine rings is 1. The monoisotopic (exact) mass is 549 g/mol. The molecule has 0 radical (unpaired) electrons. The summed E-state index contributed by atoms with van der Waals surface area (Å²) in [5.74, 6) is 0.476. The van der Waals surface area contributed by atoms with Crippen LogP contribution in [0.2, 0.25) is 0 Å². The highest BCUT2D eigenvalue weighted by Gasteiger charge is 2.31. The maximum absolute atomic E-state index is 13.3. The van der Waals surface area contributed by atoms with Gasteiger partial charge in [-0.3, -0.25) is 25.0 Å². The zero-order chi connectivity index (χ0) is 26.9. The SMILES string of the molecule is N#CNC(=NCCCCCCS(=O)(=O)N(OCCN1CCOCC1)C1CCCCCC1)Nc1ccncc1. The first-order valence-electron chi connectivity index (χ1n) is 13.9. The van der Waals surface area contributed by atoms with Gasteiger partial charge in [0.1, 0.15) is 0 Å². The fraction of sp³-hybridized carbons (Fsp3) is 0.731. The highest BCUT2D eigenvalue weighted by molar-refractivity contribution is 7.88. The van der Waals surface area contributed by atoms with Crippen LogP contribution < -0.4 is 10.6 Å². The molecule has 0 bridgehead atoms. The van der Waals surface area contributed by atoms with Crippen LogP contribution >= 0.6 is 0 Å². The lowest BCUT2D eigenvalue weighted by Gasteiger charge is -2.31. The van der Waals surface area contributed by atoms with Crippen LogP contribution in [0.25, 0.3) is 0 Å². The highest BCUT2D eigenvalue weighted by atomic mass is 32.2. The van der Waals surface area contributed by atoms with Gasteiger partial charge < -0.3 is 10.1 Å². The molecule has 0 spiro atoms. The molecule has 38 heavy (non-hydrogen) atoms. The summed E-state index contributed by atoms with van der Waals surface area (Å²) in [7, 11) is -3.51. The summed E-state index contributed by atoms with van der Waals surface area (Å²) >= 11 is 0. The molecule has 1 aromatic rings.